The molecule has 1 N–H and O–H groups in total. The molecule has 1 heterocycles. The molecule has 5 nitrogen and oxygen atoms in total. The summed E-state index contributed by atoms with van der Waals surface area (Å²) in [5.41, 5.74) is 0. The maximum Gasteiger partial charge on any atom is 0.225 e. The molecule has 0 bridgehead atoms. The zero-order valence-corrected chi connectivity index (χ0v) is 12.6. The van der Waals surface area contributed by atoms with Gasteiger partial charge in [0.15, 0.2) is 4.77 Å². The molecular weight excluding hydrogens is 248 g/mol. The van der Waals surface area contributed by atoms with Crippen LogP contribution in [0.25, 0.3) is 0 Å². The van der Waals surface area contributed by atoms with Crippen LogP contribution in [0, 0.1) is 10.7 Å². The van der Waals surface area contributed by atoms with Gasteiger partial charge >= 0.3 is 0 Å². The Balaban J connectivity index is 2.92. The summed E-state index contributed by atoms with van der Waals surface area (Å²) in [5, 5.41) is 7.24. The van der Waals surface area contributed by atoms with Gasteiger partial charge in [0.2, 0.25) is 5.95 Å². The second-order valence-corrected chi connectivity index (χ2v) is 5.20. The summed E-state index contributed by atoms with van der Waals surface area (Å²) in [5.74, 6) is 1.50. The van der Waals surface area contributed by atoms with Crippen molar-refractivity contribution >= 4 is 18.2 Å². The van der Waals surface area contributed by atoms with Gasteiger partial charge in [0.05, 0.1) is 6.61 Å². The minimum absolute atomic E-state index is 0.571. The van der Waals surface area contributed by atoms with Gasteiger partial charge < -0.3 is 9.64 Å². The smallest absolute Gasteiger partial charge is 0.225 e. The maximum atomic E-state index is 5.27. The van der Waals surface area contributed by atoms with E-state index in [0.29, 0.717) is 17.3 Å². The first-order valence-electron chi connectivity index (χ1n) is 6.49. The SMILES string of the molecule is CCCn1c(N(CCOC)CC(C)C)n[nH]c1=S. The molecule has 0 saturated heterocycles. The van der Waals surface area contributed by atoms with Crippen LogP contribution in [0.1, 0.15) is 27.2 Å². The van der Waals surface area contributed by atoms with Crippen LogP contribution in [-0.4, -0.2) is 41.6 Å². The van der Waals surface area contributed by atoms with Crippen molar-refractivity contribution in [2.24, 2.45) is 5.92 Å². The number of ether oxygens (including phenoxy) is 1. The third-order valence-corrected chi connectivity index (χ3v) is 2.93. The Morgan fingerprint density at radius 1 is 1.50 bits per heavy atom. The number of methoxy groups -OCH3 is 1. The molecule has 0 aliphatic heterocycles. The van der Waals surface area contributed by atoms with Crippen LogP contribution in [0.2, 0.25) is 0 Å². The van der Waals surface area contributed by atoms with Crippen LogP contribution in [0.3, 0.4) is 0 Å². The number of rotatable bonds is 8. The number of nitrogens with zero attached hydrogens (tertiary/aromatic N) is 3. The summed E-state index contributed by atoms with van der Waals surface area (Å²) in [7, 11) is 1.72. The summed E-state index contributed by atoms with van der Waals surface area (Å²) in [6, 6.07) is 0. The number of hydrogen-bond donors (Lipinski definition) is 1. The summed E-state index contributed by atoms with van der Waals surface area (Å²) in [4.78, 5) is 2.23. The number of anilines is 1. The van der Waals surface area contributed by atoms with E-state index in [4.69, 9.17) is 17.0 Å². The molecule has 0 fully saturated rings. The molecule has 6 heteroatoms. The van der Waals surface area contributed by atoms with Crippen molar-refractivity contribution in [2.75, 3.05) is 31.7 Å². The monoisotopic (exact) mass is 272 g/mol. The van der Waals surface area contributed by atoms with Crippen LogP contribution in [-0.2, 0) is 11.3 Å². The molecule has 0 saturated carbocycles. The number of H-pyrrole nitrogens is 1. The molecule has 0 unspecified atom stereocenters. The van der Waals surface area contributed by atoms with Gasteiger partial charge in [-0.05, 0) is 24.6 Å². The Labute approximate surface area is 114 Å². The third kappa shape index (κ3) is 4.10. The Kier molecular flexibility index (Phi) is 6.35. The number of aromatic amines is 1. The highest BCUT2D eigenvalue weighted by Crippen LogP contribution is 2.14. The molecule has 0 radical (unpaired) electrons. The molecular formula is C12H24N4OS. The lowest BCUT2D eigenvalue weighted by atomic mass is 10.2. The zero-order chi connectivity index (χ0) is 13.5. The van der Waals surface area contributed by atoms with E-state index in [1.807, 2.05) is 0 Å². The highest BCUT2D eigenvalue weighted by Gasteiger charge is 2.15. The van der Waals surface area contributed by atoms with E-state index < -0.39 is 0 Å². The van der Waals surface area contributed by atoms with Crippen molar-refractivity contribution in [1.82, 2.24) is 14.8 Å². The molecule has 1 aromatic rings. The normalized spacial score (nSPS) is 11.2. The molecule has 0 atom stereocenters. The van der Waals surface area contributed by atoms with Crippen molar-refractivity contribution in [3.8, 4) is 0 Å². The molecule has 0 aliphatic carbocycles. The lowest BCUT2D eigenvalue weighted by molar-refractivity contribution is 0.204. The molecule has 0 amide bonds. The summed E-state index contributed by atoms with van der Waals surface area (Å²) in [6.07, 6.45) is 1.04. The highest BCUT2D eigenvalue weighted by atomic mass is 32.1. The summed E-state index contributed by atoms with van der Waals surface area (Å²) in [6.45, 7) is 9.91. The van der Waals surface area contributed by atoms with Crippen molar-refractivity contribution in [3.63, 3.8) is 0 Å². The zero-order valence-electron chi connectivity index (χ0n) is 11.8. The van der Waals surface area contributed by atoms with Crippen LogP contribution >= 0.6 is 12.2 Å². The van der Waals surface area contributed by atoms with Gasteiger partial charge in [0.1, 0.15) is 0 Å². The van der Waals surface area contributed by atoms with E-state index in [0.717, 1.165) is 32.0 Å². The van der Waals surface area contributed by atoms with E-state index >= 15 is 0 Å². The van der Waals surface area contributed by atoms with Gasteiger partial charge in [-0.2, -0.15) is 0 Å². The molecule has 0 aromatic carbocycles. The second-order valence-electron chi connectivity index (χ2n) is 4.81. The van der Waals surface area contributed by atoms with Gasteiger partial charge in [0, 0.05) is 26.7 Å². The van der Waals surface area contributed by atoms with Gasteiger partial charge in [-0.1, -0.05) is 20.8 Å². The van der Waals surface area contributed by atoms with E-state index in [1.165, 1.54) is 0 Å². The Morgan fingerprint density at radius 2 is 2.22 bits per heavy atom. The third-order valence-electron chi connectivity index (χ3n) is 2.62. The van der Waals surface area contributed by atoms with Gasteiger partial charge in [-0.3, -0.25) is 4.57 Å². The topological polar surface area (TPSA) is 46.1 Å². The predicted molar refractivity (Wildman–Crippen MR) is 76.6 cm³/mol. The Bertz CT molecular complexity index is 399. The Hall–Kier alpha value is -0.880. The molecule has 0 spiro atoms. The molecule has 0 aliphatic rings. The fourth-order valence-corrected chi connectivity index (χ4v) is 2.11. The Morgan fingerprint density at radius 3 is 2.78 bits per heavy atom. The number of nitrogens with one attached hydrogen (secondary N) is 1. The fraction of sp³-hybridized carbons (Fsp3) is 0.833. The lowest BCUT2D eigenvalue weighted by Crippen LogP contribution is -2.33. The standard InChI is InChI=1S/C12H24N4OS/c1-5-6-16-11(13-14-12(16)18)15(7-8-17-4)9-10(2)3/h10H,5-9H2,1-4H3,(H,14,18). The van der Waals surface area contributed by atoms with Gasteiger partial charge in [0.25, 0.3) is 0 Å². The maximum absolute atomic E-state index is 5.27. The van der Waals surface area contributed by atoms with Crippen molar-refractivity contribution in [2.45, 2.75) is 33.7 Å². The highest BCUT2D eigenvalue weighted by molar-refractivity contribution is 7.71. The largest absolute Gasteiger partial charge is 0.383 e. The van der Waals surface area contributed by atoms with E-state index in [-0.39, 0.29) is 0 Å². The van der Waals surface area contributed by atoms with Crippen LogP contribution in [0.15, 0.2) is 0 Å². The second kappa shape index (κ2) is 7.53. The van der Waals surface area contributed by atoms with Gasteiger partial charge in [-0.15, -0.1) is 5.10 Å². The first-order valence-corrected chi connectivity index (χ1v) is 6.90. The quantitative estimate of drug-likeness (QED) is 0.738. The minimum atomic E-state index is 0.571. The van der Waals surface area contributed by atoms with E-state index in [2.05, 4.69) is 40.4 Å². The predicted octanol–water partition coefficient (Wildman–Crippen LogP) is 2.46. The first-order chi connectivity index (χ1) is 8.60. The van der Waals surface area contributed by atoms with Crippen molar-refractivity contribution < 1.29 is 4.74 Å². The first kappa shape index (κ1) is 15.2. The molecule has 18 heavy (non-hydrogen) atoms. The number of aromatic nitrogens is 3. The van der Waals surface area contributed by atoms with Crippen LogP contribution in [0.5, 0.6) is 0 Å². The molecule has 1 rings (SSSR count). The average Bonchev–Trinajstić information content (AvgIpc) is 2.67. The average molecular weight is 272 g/mol. The summed E-state index contributed by atoms with van der Waals surface area (Å²) < 4.78 is 7.92. The summed E-state index contributed by atoms with van der Waals surface area (Å²) >= 11 is 5.27. The molecule has 1 aromatic heterocycles. The molecule has 104 valence electrons. The minimum Gasteiger partial charge on any atom is -0.383 e. The van der Waals surface area contributed by atoms with Crippen LogP contribution in [0.4, 0.5) is 5.95 Å². The fourth-order valence-electron chi connectivity index (χ4n) is 1.89. The number of hydrogen-bond acceptors (Lipinski definition) is 4. The van der Waals surface area contributed by atoms with E-state index in [9.17, 15) is 0 Å². The van der Waals surface area contributed by atoms with Crippen LogP contribution < -0.4 is 4.90 Å². The lowest BCUT2D eigenvalue weighted by Gasteiger charge is -2.25. The van der Waals surface area contributed by atoms with Crippen molar-refractivity contribution in [1.29, 1.82) is 0 Å². The van der Waals surface area contributed by atoms with Gasteiger partial charge in [-0.25, -0.2) is 5.10 Å². The van der Waals surface area contributed by atoms with E-state index in [1.54, 1.807) is 7.11 Å². The van der Waals surface area contributed by atoms with Crippen molar-refractivity contribution in [3.05, 3.63) is 4.77 Å².